The fourth-order valence-electron chi connectivity index (χ4n) is 14.1. The van der Waals surface area contributed by atoms with Crippen LogP contribution in [0.25, 0.3) is 99.5 Å². The van der Waals surface area contributed by atoms with E-state index in [9.17, 15) is 0 Å². The number of anilines is 3. The van der Waals surface area contributed by atoms with Gasteiger partial charge in [0.05, 0.1) is 0 Å². The molecule has 0 aliphatic heterocycles. The summed E-state index contributed by atoms with van der Waals surface area (Å²) in [6, 6.07) is 69.7. The van der Waals surface area contributed by atoms with Gasteiger partial charge in [-0.25, -0.2) is 0 Å². The molecule has 3 aliphatic rings. The van der Waals surface area contributed by atoms with Crippen molar-refractivity contribution in [1.82, 2.24) is 0 Å². The zero-order valence-corrected chi connectivity index (χ0v) is 43.2. The van der Waals surface area contributed by atoms with Crippen molar-refractivity contribution in [2.24, 2.45) is 0 Å². The van der Waals surface area contributed by atoms with Gasteiger partial charge in [0.1, 0.15) is 22.3 Å². The zero-order chi connectivity index (χ0) is 50.2. The van der Waals surface area contributed by atoms with Crippen LogP contribution < -0.4 is 4.90 Å². The van der Waals surface area contributed by atoms with Gasteiger partial charge in [-0.15, -0.1) is 0 Å². The van der Waals surface area contributed by atoms with E-state index in [-0.39, 0.29) is 16.2 Å². The monoisotopic (exact) mass is 953 g/mol. The minimum absolute atomic E-state index is 0.229. The lowest BCUT2D eigenvalue weighted by Gasteiger charge is -2.32. The summed E-state index contributed by atoms with van der Waals surface area (Å²) >= 11 is 0. The van der Waals surface area contributed by atoms with Gasteiger partial charge in [0.15, 0.2) is 0 Å². The van der Waals surface area contributed by atoms with Crippen molar-refractivity contribution < 1.29 is 8.83 Å². The largest absolute Gasteiger partial charge is 0.455 e. The second-order valence-corrected chi connectivity index (χ2v) is 22.9. The third-order valence-electron chi connectivity index (χ3n) is 17.6. The summed E-state index contributed by atoms with van der Waals surface area (Å²) < 4.78 is 13.9. The molecule has 0 N–H and O–H groups in total. The average molecular weight is 954 g/mol. The molecule has 15 rings (SSSR count). The minimum Gasteiger partial charge on any atom is -0.455 e. The van der Waals surface area contributed by atoms with E-state index >= 15 is 0 Å². The molecule has 2 heterocycles. The van der Waals surface area contributed by atoms with Crippen molar-refractivity contribution in [2.75, 3.05) is 4.90 Å². The molecule has 0 atom stereocenters. The lowest BCUT2D eigenvalue weighted by atomic mass is 9.72. The van der Waals surface area contributed by atoms with Gasteiger partial charge in [-0.1, -0.05) is 187 Å². The fourth-order valence-corrected chi connectivity index (χ4v) is 14.1. The van der Waals surface area contributed by atoms with Crippen LogP contribution in [0, 0.1) is 13.8 Å². The summed E-state index contributed by atoms with van der Waals surface area (Å²) in [5, 5.41) is 4.72. The molecule has 3 nitrogen and oxygen atoms in total. The van der Waals surface area contributed by atoms with Gasteiger partial charge in [0.25, 0.3) is 0 Å². The summed E-state index contributed by atoms with van der Waals surface area (Å²) in [6.45, 7) is 19.0. The highest BCUT2D eigenvalue weighted by Gasteiger charge is 2.49. The van der Waals surface area contributed by atoms with Gasteiger partial charge in [0, 0.05) is 66.0 Å². The van der Waals surface area contributed by atoms with Gasteiger partial charge < -0.3 is 13.7 Å². The van der Waals surface area contributed by atoms with E-state index in [1.807, 2.05) is 0 Å². The summed E-state index contributed by atoms with van der Waals surface area (Å²) in [4.78, 5) is 2.52. The van der Waals surface area contributed by atoms with Crippen LogP contribution >= 0.6 is 0 Å². The smallest absolute Gasteiger partial charge is 0.144 e. The van der Waals surface area contributed by atoms with Crippen LogP contribution in [0.1, 0.15) is 86.1 Å². The highest BCUT2D eigenvalue weighted by Crippen LogP contribution is 2.64. The van der Waals surface area contributed by atoms with Crippen molar-refractivity contribution in [3.05, 3.63) is 233 Å². The number of rotatable bonds is 5. The van der Waals surface area contributed by atoms with Crippen molar-refractivity contribution in [2.45, 2.75) is 71.6 Å². The predicted octanol–water partition coefficient (Wildman–Crippen LogP) is 19.8. The van der Waals surface area contributed by atoms with Crippen LogP contribution in [0.2, 0.25) is 0 Å². The quantitative estimate of drug-likeness (QED) is 0.172. The van der Waals surface area contributed by atoms with Gasteiger partial charge in [-0.05, 0) is 146 Å². The predicted molar refractivity (Wildman–Crippen MR) is 309 cm³/mol. The number of hydrogen-bond acceptors (Lipinski definition) is 3. The van der Waals surface area contributed by atoms with E-state index in [1.165, 1.54) is 111 Å². The number of nitrogens with zero attached hydrogens (tertiary/aromatic N) is 1. The molecule has 0 saturated heterocycles. The molecule has 2 aromatic heterocycles. The first kappa shape index (κ1) is 43.2. The molecule has 356 valence electrons. The number of fused-ring (bicyclic) bond motifs is 19. The van der Waals surface area contributed by atoms with Crippen LogP contribution in [-0.2, 0) is 16.2 Å². The van der Waals surface area contributed by atoms with E-state index < -0.39 is 0 Å². The second kappa shape index (κ2) is 14.9. The van der Waals surface area contributed by atoms with E-state index in [4.69, 9.17) is 8.83 Å². The number of para-hydroxylation sites is 2. The summed E-state index contributed by atoms with van der Waals surface area (Å²) in [7, 11) is 0. The van der Waals surface area contributed by atoms with E-state index in [2.05, 4.69) is 248 Å². The Morgan fingerprint density at radius 3 is 1.58 bits per heavy atom. The Morgan fingerprint density at radius 1 is 0.365 bits per heavy atom. The summed E-state index contributed by atoms with van der Waals surface area (Å²) in [6.07, 6.45) is 0. The Bertz CT molecular complexity index is 4400. The molecular formula is C71H55NO2. The lowest BCUT2D eigenvalue weighted by Crippen LogP contribution is -2.24. The van der Waals surface area contributed by atoms with Crippen LogP contribution in [0.4, 0.5) is 17.1 Å². The highest BCUT2D eigenvalue weighted by atomic mass is 16.3. The first-order valence-corrected chi connectivity index (χ1v) is 26.2. The van der Waals surface area contributed by atoms with Gasteiger partial charge in [-0.2, -0.15) is 0 Å². The molecule has 0 spiro atoms. The maximum atomic E-state index is 7.01. The molecule has 0 fully saturated rings. The standard InChI is InChI=1S/C71H55NO2/c1-40-26-35-57(41(2)36-40)72(46-32-34-49-55(38-46)71(7,8)65-61(49)63-51-22-14-17-25-59(51)74-68(63)64-47-20-12-15-23-53(47)70(5,6)66(64)65)45-31-33-48-54(37-45)69(3,4)56-39-52(44-29-27-43(28-30-44)42-18-10-9-11-19-42)67-62(60(48)56)50-21-13-16-24-58(50)73-67/h9-39H,1-8H3. The van der Waals surface area contributed by atoms with Crippen molar-refractivity contribution in [3.63, 3.8) is 0 Å². The van der Waals surface area contributed by atoms with Crippen LogP contribution in [0.15, 0.2) is 197 Å². The molecule has 0 bridgehead atoms. The van der Waals surface area contributed by atoms with Crippen molar-refractivity contribution in [1.29, 1.82) is 0 Å². The van der Waals surface area contributed by atoms with Gasteiger partial charge in [0.2, 0.25) is 0 Å². The van der Waals surface area contributed by atoms with E-state index in [1.54, 1.807) is 0 Å². The number of aryl methyl sites for hydroxylation is 2. The molecule has 10 aromatic carbocycles. The maximum Gasteiger partial charge on any atom is 0.144 e. The molecule has 0 saturated carbocycles. The Balaban J connectivity index is 0.925. The summed E-state index contributed by atoms with van der Waals surface area (Å²) in [5.74, 6) is 0. The number of benzene rings is 10. The third-order valence-corrected chi connectivity index (χ3v) is 17.6. The molecule has 3 heteroatoms. The molecule has 74 heavy (non-hydrogen) atoms. The van der Waals surface area contributed by atoms with Crippen molar-refractivity contribution >= 4 is 60.9 Å². The van der Waals surface area contributed by atoms with E-state index in [0.717, 1.165) is 50.2 Å². The Labute approximate surface area is 432 Å². The van der Waals surface area contributed by atoms with Crippen LogP contribution in [0.5, 0.6) is 0 Å². The molecule has 0 amide bonds. The third kappa shape index (κ3) is 5.67. The first-order valence-electron chi connectivity index (χ1n) is 26.2. The lowest BCUT2D eigenvalue weighted by molar-refractivity contribution is 0.600. The topological polar surface area (TPSA) is 29.5 Å². The number of furan rings is 2. The Kier molecular flexibility index (Phi) is 8.68. The summed E-state index contributed by atoms with van der Waals surface area (Å²) in [5.41, 5.74) is 29.3. The minimum atomic E-state index is -0.329. The van der Waals surface area contributed by atoms with Crippen molar-refractivity contribution in [3.8, 4) is 55.6 Å². The molecule has 12 aromatic rings. The van der Waals surface area contributed by atoms with E-state index in [0.29, 0.717) is 0 Å². The van der Waals surface area contributed by atoms with Gasteiger partial charge >= 0.3 is 0 Å². The van der Waals surface area contributed by atoms with Gasteiger partial charge in [-0.3, -0.25) is 0 Å². The van der Waals surface area contributed by atoms with Crippen LogP contribution in [0.3, 0.4) is 0 Å². The maximum absolute atomic E-state index is 7.01. The average Bonchev–Trinajstić information content (AvgIpc) is 4.26. The molecular weight excluding hydrogens is 899 g/mol. The normalized spacial score (nSPS) is 15.1. The Morgan fingerprint density at radius 2 is 0.892 bits per heavy atom. The molecule has 0 unspecified atom stereocenters. The second-order valence-electron chi connectivity index (χ2n) is 22.9. The molecule has 3 aliphatic carbocycles. The zero-order valence-electron chi connectivity index (χ0n) is 43.2. The SMILES string of the molecule is Cc1ccc(N(c2ccc3c(c2)C(C)(C)c2cc(-c4ccc(-c5ccccc5)cc4)c4oc5ccccc5c4c2-3)c2ccc3c(c2)C(C)(C)c2c4c(c5oc6ccccc6c5c2-3)-c2ccccc2C4(C)C)c(C)c1. The Hall–Kier alpha value is -8.40. The van der Waals surface area contributed by atoms with Crippen LogP contribution in [-0.4, -0.2) is 0 Å². The number of hydrogen-bond donors (Lipinski definition) is 0. The molecule has 0 radical (unpaired) electrons. The first-order chi connectivity index (χ1) is 35.8. The highest BCUT2D eigenvalue weighted by molar-refractivity contribution is 6.21. The fraction of sp³-hybridized carbons (Fsp3) is 0.155.